The summed E-state index contributed by atoms with van der Waals surface area (Å²) in [6.45, 7) is 2.02. The zero-order valence-electron chi connectivity index (χ0n) is 13.1. The van der Waals surface area contributed by atoms with E-state index in [1.807, 2.05) is 18.3 Å². The molecule has 1 aliphatic rings. The molecule has 1 aromatic heterocycles. The van der Waals surface area contributed by atoms with Crippen molar-refractivity contribution in [1.82, 2.24) is 9.88 Å². The lowest BCUT2D eigenvalue weighted by Crippen LogP contribution is -2.45. The number of ether oxygens (including phenoxy) is 1. The molecule has 6 heteroatoms. The van der Waals surface area contributed by atoms with Gasteiger partial charge in [-0.25, -0.2) is 0 Å². The Morgan fingerprint density at radius 2 is 2.17 bits per heavy atom. The average molecular weight is 337 g/mol. The van der Waals surface area contributed by atoms with Gasteiger partial charge in [0.15, 0.2) is 0 Å². The van der Waals surface area contributed by atoms with Gasteiger partial charge in [0.2, 0.25) is 0 Å². The summed E-state index contributed by atoms with van der Waals surface area (Å²) in [5.74, 6) is -1.04. The normalized spacial score (nSPS) is 18.7. The molecule has 3 rings (SSSR count). The summed E-state index contributed by atoms with van der Waals surface area (Å²) in [5.41, 5.74) is 2.40. The van der Waals surface area contributed by atoms with E-state index in [1.165, 1.54) is 18.1 Å². The van der Waals surface area contributed by atoms with E-state index in [9.17, 15) is 9.59 Å². The van der Waals surface area contributed by atoms with E-state index in [1.54, 1.807) is 0 Å². The zero-order chi connectivity index (χ0) is 15.5. The summed E-state index contributed by atoms with van der Waals surface area (Å²) in [6, 6.07) is 8.22. The Balaban J connectivity index is 0.00000192. The quantitative estimate of drug-likeness (QED) is 0.686. The lowest BCUT2D eigenvalue weighted by molar-refractivity contribution is -0.151. The van der Waals surface area contributed by atoms with Crippen molar-refractivity contribution in [3.8, 4) is 0 Å². The monoisotopic (exact) mass is 336 g/mol. The van der Waals surface area contributed by atoms with E-state index >= 15 is 0 Å². The second kappa shape index (κ2) is 7.62. The number of fused-ring (bicyclic) bond motifs is 1. The van der Waals surface area contributed by atoms with Crippen LogP contribution in [0.5, 0.6) is 0 Å². The summed E-state index contributed by atoms with van der Waals surface area (Å²) in [5, 5.41) is 1.24. The van der Waals surface area contributed by atoms with Gasteiger partial charge in [0.05, 0.1) is 7.11 Å². The summed E-state index contributed by atoms with van der Waals surface area (Å²) in [4.78, 5) is 28.9. The highest BCUT2D eigenvalue weighted by atomic mass is 35.5. The molecule has 1 fully saturated rings. The first-order valence-electron chi connectivity index (χ1n) is 7.57. The van der Waals surface area contributed by atoms with Crippen LogP contribution in [0.1, 0.15) is 12.0 Å². The molecule has 0 spiro atoms. The molecule has 23 heavy (non-hydrogen) atoms. The Kier molecular flexibility index (Phi) is 5.80. The molecule has 2 heterocycles. The largest absolute Gasteiger partial charge is 0.468 e. The third-order valence-electron chi connectivity index (χ3n) is 4.36. The van der Waals surface area contributed by atoms with E-state index in [0.717, 1.165) is 18.5 Å². The number of methoxy groups -OCH3 is 1. The lowest BCUT2D eigenvalue weighted by atomic mass is 9.96. The number of carbonyl (C=O) groups is 2. The van der Waals surface area contributed by atoms with E-state index in [2.05, 4.69) is 22.0 Å². The van der Waals surface area contributed by atoms with Crippen LogP contribution in [0.3, 0.4) is 0 Å². The third-order valence-corrected chi connectivity index (χ3v) is 4.36. The minimum Gasteiger partial charge on any atom is -0.468 e. The number of rotatable bonds is 4. The first-order valence-corrected chi connectivity index (χ1v) is 7.57. The summed E-state index contributed by atoms with van der Waals surface area (Å²) < 4.78 is 4.73. The summed E-state index contributed by atoms with van der Waals surface area (Å²) >= 11 is 0. The highest BCUT2D eigenvalue weighted by Gasteiger charge is 2.33. The number of esters is 1. The van der Waals surface area contributed by atoms with Gasteiger partial charge in [-0.1, -0.05) is 18.2 Å². The molecule has 0 radical (unpaired) electrons. The Labute approximate surface area is 141 Å². The number of carbonyl (C=O) groups excluding carboxylic acids is 2. The Morgan fingerprint density at radius 3 is 2.96 bits per heavy atom. The predicted octanol–water partition coefficient (Wildman–Crippen LogP) is 2.20. The van der Waals surface area contributed by atoms with Gasteiger partial charge >= 0.3 is 5.97 Å². The second-order valence-electron chi connectivity index (χ2n) is 5.70. The van der Waals surface area contributed by atoms with Gasteiger partial charge in [0.1, 0.15) is 11.7 Å². The van der Waals surface area contributed by atoms with Crippen LogP contribution in [0.25, 0.3) is 10.9 Å². The van der Waals surface area contributed by atoms with Crippen molar-refractivity contribution in [3.63, 3.8) is 0 Å². The number of Topliss-reactive ketones (excluding diaryl/α,β-unsaturated/α-hetero) is 1. The van der Waals surface area contributed by atoms with Crippen LogP contribution in [0.4, 0.5) is 0 Å². The molecule has 0 bridgehead atoms. The molecular formula is C17H21ClN2O3. The minimum atomic E-state index is -0.623. The molecule has 1 atom stereocenters. The molecule has 0 saturated carbocycles. The third kappa shape index (κ3) is 3.74. The molecule has 2 aromatic rings. The van der Waals surface area contributed by atoms with Crippen LogP contribution < -0.4 is 0 Å². The molecule has 1 aromatic carbocycles. The number of ketones is 1. The number of nitrogens with zero attached hydrogens (tertiary/aromatic N) is 1. The van der Waals surface area contributed by atoms with Gasteiger partial charge in [-0.05, 0) is 18.1 Å². The average Bonchev–Trinajstić information content (AvgIpc) is 2.96. The number of aromatic nitrogens is 1. The topological polar surface area (TPSA) is 62.4 Å². The molecule has 1 aliphatic heterocycles. The van der Waals surface area contributed by atoms with Crippen molar-refractivity contribution in [2.24, 2.45) is 5.92 Å². The van der Waals surface area contributed by atoms with E-state index in [-0.39, 0.29) is 18.2 Å². The molecule has 0 aliphatic carbocycles. The van der Waals surface area contributed by atoms with E-state index in [4.69, 9.17) is 4.74 Å². The summed E-state index contributed by atoms with van der Waals surface area (Å²) in [6.07, 6.45) is 3.36. The van der Waals surface area contributed by atoms with Gasteiger partial charge in [0.25, 0.3) is 0 Å². The highest BCUT2D eigenvalue weighted by molar-refractivity contribution is 5.99. The standard InChI is InChI=1S/C17H20N2O3.ClH/c1-22-17(21)14-11-19(9-7-16(14)20)8-6-12-10-18-15-5-3-2-4-13(12)15;/h2-5,10,14,18H,6-9,11H2,1H3;1H. The SMILES string of the molecule is COC(=O)C1CN(CCc2c[nH]c3ccccc23)CCC1=O.Cl. The number of H-pyrrole nitrogens is 1. The van der Waals surface area contributed by atoms with Gasteiger partial charge in [-0.3, -0.25) is 9.59 Å². The molecular weight excluding hydrogens is 316 g/mol. The van der Waals surface area contributed by atoms with Gasteiger partial charge in [-0.2, -0.15) is 0 Å². The van der Waals surface area contributed by atoms with Crippen molar-refractivity contribution >= 4 is 35.1 Å². The van der Waals surface area contributed by atoms with Crippen LogP contribution in [-0.2, 0) is 20.7 Å². The molecule has 124 valence electrons. The first-order chi connectivity index (χ1) is 10.7. The Bertz CT molecular complexity index is 690. The maximum Gasteiger partial charge on any atom is 0.317 e. The molecule has 0 amide bonds. The smallest absolute Gasteiger partial charge is 0.317 e. The van der Waals surface area contributed by atoms with E-state index < -0.39 is 11.9 Å². The fraction of sp³-hybridized carbons (Fsp3) is 0.412. The minimum absolute atomic E-state index is 0. The number of aromatic amines is 1. The Hall–Kier alpha value is -1.85. The maximum atomic E-state index is 11.8. The highest BCUT2D eigenvalue weighted by Crippen LogP contribution is 2.20. The van der Waals surface area contributed by atoms with Gasteiger partial charge < -0.3 is 14.6 Å². The van der Waals surface area contributed by atoms with Crippen LogP contribution in [-0.4, -0.2) is 48.4 Å². The zero-order valence-corrected chi connectivity index (χ0v) is 13.9. The maximum absolute atomic E-state index is 11.8. The number of nitrogens with one attached hydrogen (secondary N) is 1. The van der Waals surface area contributed by atoms with E-state index in [0.29, 0.717) is 19.5 Å². The first kappa shape index (κ1) is 17.5. The van der Waals surface area contributed by atoms with Crippen molar-refractivity contribution in [2.75, 3.05) is 26.7 Å². The van der Waals surface area contributed by atoms with Crippen LogP contribution in [0, 0.1) is 5.92 Å². The fourth-order valence-corrected chi connectivity index (χ4v) is 3.06. The number of likely N-dealkylation sites (tertiary alicyclic amines) is 1. The number of piperidine rings is 1. The van der Waals surface area contributed by atoms with Crippen molar-refractivity contribution in [3.05, 3.63) is 36.0 Å². The summed E-state index contributed by atoms with van der Waals surface area (Å²) in [7, 11) is 1.33. The van der Waals surface area contributed by atoms with Gasteiger partial charge in [0, 0.05) is 43.2 Å². The predicted molar refractivity (Wildman–Crippen MR) is 90.8 cm³/mol. The molecule has 1 unspecified atom stereocenters. The van der Waals surface area contributed by atoms with Crippen LogP contribution >= 0.6 is 12.4 Å². The molecule has 1 saturated heterocycles. The van der Waals surface area contributed by atoms with Crippen LogP contribution in [0.15, 0.2) is 30.5 Å². The van der Waals surface area contributed by atoms with Crippen molar-refractivity contribution in [2.45, 2.75) is 12.8 Å². The fourth-order valence-electron chi connectivity index (χ4n) is 3.06. The van der Waals surface area contributed by atoms with Gasteiger partial charge in [-0.15, -0.1) is 12.4 Å². The molecule has 5 nitrogen and oxygen atoms in total. The van der Waals surface area contributed by atoms with Crippen LogP contribution in [0.2, 0.25) is 0 Å². The van der Waals surface area contributed by atoms with Crippen molar-refractivity contribution in [1.29, 1.82) is 0 Å². The van der Waals surface area contributed by atoms with Crippen molar-refractivity contribution < 1.29 is 14.3 Å². The number of hydrogen-bond donors (Lipinski definition) is 1. The Morgan fingerprint density at radius 1 is 1.39 bits per heavy atom. The number of para-hydroxylation sites is 1. The number of halogens is 1. The lowest BCUT2D eigenvalue weighted by Gasteiger charge is -2.30. The second-order valence-corrected chi connectivity index (χ2v) is 5.70. The number of hydrogen-bond acceptors (Lipinski definition) is 4. The molecule has 1 N–H and O–H groups in total. The number of benzene rings is 1.